The lowest BCUT2D eigenvalue weighted by Gasteiger charge is -2.26. The molecule has 1 atom stereocenters. The topological polar surface area (TPSA) is 17.1 Å². The average Bonchev–Trinajstić information content (AvgIpc) is 2.38. The Labute approximate surface area is 119 Å². The summed E-state index contributed by atoms with van der Waals surface area (Å²) >= 11 is 0. The second-order valence-electron chi connectivity index (χ2n) is 6.53. The van der Waals surface area contributed by atoms with Gasteiger partial charge in [0.25, 0.3) is 0 Å². The fraction of sp³-hybridized carbons (Fsp3) is 0.389. The molecule has 0 saturated heterocycles. The molecule has 0 bridgehead atoms. The Bertz CT molecular complexity index is 637. The van der Waals surface area contributed by atoms with Gasteiger partial charge in [-0.3, -0.25) is 4.79 Å². The lowest BCUT2D eigenvalue weighted by atomic mass is 9.78. The molecule has 1 unspecified atom stereocenters. The van der Waals surface area contributed by atoms with Crippen molar-refractivity contribution in [2.24, 2.45) is 11.3 Å². The van der Waals surface area contributed by atoms with E-state index in [0.29, 0.717) is 22.8 Å². The van der Waals surface area contributed by atoms with Crippen LogP contribution in [-0.2, 0) is 0 Å². The van der Waals surface area contributed by atoms with E-state index in [1.807, 2.05) is 12.1 Å². The number of fused-ring (bicyclic) bond motifs is 1. The molecule has 0 aliphatic rings. The van der Waals surface area contributed by atoms with E-state index in [1.54, 1.807) is 18.2 Å². The van der Waals surface area contributed by atoms with Gasteiger partial charge in [-0.1, -0.05) is 52.0 Å². The first-order valence-electron chi connectivity index (χ1n) is 7.01. The van der Waals surface area contributed by atoms with Crippen molar-refractivity contribution >= 4 is 16.6 Å². The number of halogens is 1. The maximum Gasteiger partial charge on any atom is 0.163 e. The summed E-state index contributed by atoms with van der Waals surface area (Å²) in [6.07, 6.45) is 0.485. The molecule has 0 heterocycles. The summed E-state index contributed by atoms with van der Waals surface area (Å²) < 4.78 is 13.8. The van der Waals surface area contributed by atoms with Crippen LogP contribution < -0.4 is 0 Å². The van der Waals surface area contributed by atoms with Gasteiger partial charge in [0, 0.05) is 17.4 Å². The van der Waals surface area contributed by atoms with E-state index >= 15 is 0 Å². The number of benzene rings is 2. The van der Waals surface area contributed by atoms with Crippen molar-refractivity contribution in [1.82, 2.24) is 0 Å². The minimum Gasteiger partial charge on any atom is -0.294 e. The quantitative estimate of drug-likeness (QED) is 0.699. The molecule has 2 aromatic carbocycles. The van der Waals surface area contributed by atoms with Gasteiger partial charge in [-0.25, -0.2) is 4.39 Å². The van der Waals surface area contributed by atoms with Gasteiger partial charge in [0.2, 0.25) is 0 Å². The van der Waals surface area contributed by atoms with Crippen LogP contribution in [0.5, 0.6) is 0 Å². The highest BCUT2D eigenvalue weighted by molar-refractivity contribution is 6.08. The third kappa shape index (κ3) is 2.90. The van der Waals surface area contributed by atoms with Crippen LogP contribution in [0.2, 0.25) is 0 Å². The van der Waals surface area contributed by atoms with E-state index in [4.69, 9.17) is 0 Å². The SMILES string of the molecule is CC(CC(=O)c1ccc(F)c2ccccc12)C(C)(C)C. The fourth-order valence-corrected chi connectivity index (χ4v) is 2.20. The standard InChI is InChI=1S/C18H21FO/c1-12(18(2,3)4)11-17(20)15-9-10-16(19)14-8-6-5-7-13(14)15/h5-10,12H,11H2,1-4H3. The van der Waals surface area contributed by atoms with Gasteiger partial charge in [0.15, 0.2) is 5.78 Å². The summed E-state index contributed by atoms with van der Waals surface area (Å²) in [4.78, 5) is 12.5. The maximum absolute atomic E-state index is 13.8. The van der Waals surface area contributed by atoms with Crippen molar-refractivity contribution in [2.45, 2.75) is 34.1 Å². The van der Waals surface area contributed by atoms with E-state index < -0.39 is 0 Å². The number of ketones is 1. The molecule has 106 valence electrons. The maximum atomic E-state index is 13.8. The molecule has 0 spiro atoms. The molecule has 2 rings (SSSR count). The summed E-state index contributed by atoms with van der Waals surface area (Å²) in [5.41, 5.74) is 0.712. The fourth-order valence-electron chi connectivity index (χ4n) is 2.20. The Balaban J connectivity index is 2.39. The van der Waals surface area contributed by atoms with Crippen LogP contribution in [-0.4, -0.2) is 5.78 Å². The Morgan fingerprint density at radius 3 is 2.30 bits per heavy atom. The summed E-state index contributed by atoms with van der Waals surface area (Å²) in [6, 6.07) is 10.2. The molecule has 0 aliphatic heterocycles. The molecule has 20 heavy (non-hydrogen) atoms. The zero-order chi connectivity index (χ0) is 14.9. The Morgan fingerprint density at radius 2 is 1.70 bits per heavy atom. The molecular weight excluding hydrogens is 251 g/mol. The molecular formula is C18H21FO. The number of carbonyl (C=O) groups is 1. The summed E-state index contributed by atoms with van der Waals surface area (Å²) in [5.74, 6) is 0.0865. The third-order valence-electron chi connectivity index (χ3n) is 4.14. The smallest absolute Gasteiger partial charge is 0.163 e. The van der Waals surface area contributed by atoms with Crippen molar-refractivity contribution in [3.63, 3.8) is 0 Å². The molecule has 0 amide bonds. The van der Waals surface area contributed by atoms with Crippen LogP contribution in [0.25, 0.3) is 10.8 Å². The molecule has 0 saturated carbocycles. The van der Waals surface area contributed by atoms with Crippen molar-refractivity contribution in [2.75, 3.05) is 0 Å². The molecule has 0 aliphatic carbocycles. The van der Waals surface area contributed by atoms with Crippen molar-refractivity contribution in [3.05, 3.63) is 47.8 Å². The van der Waals surface area contributed by atoms with E-state index in [9.17, 15) is 9.18 Å². The predicted octanol–water partition coefficient (Wildman–Crippen LogP) is 5.23. The zero-order valence-electron chi connectivity index (χ0n) is 12.5. The van der Waals surface area contributed by atoms with Crippen LogP contribution in [0.15, 0.2) is 36.4 Å². The van der Waals surface area contributed by atoms with Crippen LogP contribution >= 0.6 is 0 Å². The van der Waals surface area contributed by atoms with Crippen LogP contribution in [0, 0.1) is 17.2 Å². The first-order chi connectivity index (χ1) is 9.30. The lowest BCUT2D eigenvalue weighted by Crippen LogP contribution is -2.20. The number of Topliss-reactive ketones (excluding diaryl/α,β-unsaturated/α-hetero) is 1. The Morgan fingerprint density at radius 1 is 1.10 bits per heavy atom. The highest BCUT2D eigenvalue weighted by Crippen LogP contribution is 2.30. The van der Waals surface area contributed by atoms with Crippen molar-refractivity contribution in [1.29, 1.82) is 0 Å². The van der Waals surface area contributed by atoms with Crippen LogP contribution in [0.4, 0.5) is 4.39 Å². The lowest BCUT2D eigenvalue weighted by molar-refractivity contribution is 0.0929. The molecule has 0 fully saturated rings. The van der Waals surface area contributed by atoms with Crippen LogP contribution in [0.1, 0.15) is 44.5 Å². The monoisotopic (exact) mass is 272 g/mol. The average molecular weight is 272 g/mol. The van der Waals surface area contributed by atoms with Crippen LogP contribution in [0.3, 0.4) is 0 Å². The third-order valence-corrected chi connectivity index (χ3v) is 4.14. The first-order valence-corrected chi connectivity index (χ1v) is 7.01. The predicted molar refractivity (Wildman–Crippen MR) is 81.5 cm³/mol. The normalized spacial score (nSPS) is 13.4. The Kier molecular flexibility index (Phi) is 3.94. The highest BCUT2D eigenvalue weighted by Gasteiger charge is 2.24. The Hall–Kier alpha value is -1.70. The van der Waals surface area contributed by atoms with E-state index in [2.05, 4.69) is 27.7 Å². The molecule has 2 aromatic rings. The highest BCUT2D eigenvalue weighted by atomic mass is 19.1. The summed E-state index contributed by atoms with van der Waals surface area (Å²) in [5, 5.41) is 1.22. The number of hydrogen-bond donors (Lipinski definition) is 0. The van der Waals surface area contributed by atoms with E-state index in [1.165, 1.54) is 6.07 Å². The minimum atomic E-state index is -0.277. The molecule has 0 aromatic heterocycles. The van der Waals surface area contributed by atoms with Gasteiger partial charge in [-0.05, 0) is 28.9 Å². The van der Waals surface area contributed by atoms with Gasteiger partial charge in [-0.15, -0.1) is 0 Å². The van der Waals surface area contributed by atoms with Gasteiger partial charge in [-0.2, -0.15) is 0 Å². The number of carbonyl (C=O) groups excluding carboxylic acids is 1. The second kappa shape index (κ2) is 5.35. The number of hydrogen-bond acceptors (Lipinski definition) is 1. The molecule has 0 N–H and O–H groups in total. The van der Waals surface area contributed by atoms with Gasteiger partial charge in [0.05, 0.1) is 0 Å². The summed E-state index contributed by atoms with van der Waals surface area (Å²) in [6.45, 7) is 8.48. The minimum absolute atomic E-state index is 0.0867. The van der Waals surface area contributed by atoms with Gasteiger partial charge in [0.1, 0.15) is 5.82 Å². The van der Waals surface area contributed by atoms with Crippen molar-refractivity contribution in [3.8, 4) is 0 Å². The largest absolute Gasteiger partial charge is 0.294 e. The van der Waals surface area contributed by atoms with E-state index in [-0.39, 0.29) is 22.9 Å². The molecule has 2 heteroatoms. The summed E-state index contributed by atoms with van der Waals surface area (Å²) in [7, 11) is 0. The van der Waals surface area contributed by atoms with Gasteiger partial charge >= 0.3 is 0 Å². The zero-order valence-corrected chi connectivity index (χ0v) is 12.5. The molecule has 1 nitrogen and oxygen atoms in total. The van der Waals surface area contributed by atoms with Crippen molar-refractivity contribution < 1.29 is 9.18 Å². The van der Waals surface area contributed by atoms with E-state index in [0.717, 1.165) is 0 Å². The second-order valence-corrected chi connectivity index (χ2v) is 6.53. The van der Waals surface area contributed by atoms with Gasteiger partial charge < -0.3 is 0 Å². The number of rotatable bonds is 3. The molecule has 0 radical (unpaired) electrons. The first kappa shape index (κ1) is 14.7.